The summed E-state index contributed by atoms with van der Waals surface area (Å²) in [5, 5.41) is 22.3. The molecule has 19 heavy (non-hydrogen) atoms. The molecule has 0 saturated heterocycles. The number of nitrogens with zero attached hydrogens (tertiary/aromatic N) is 1. The van der Waals surface area contributed by atoms with Gasteiger partial charge in [-0.05, 0) is 36.6 Å². The van der Waals surface area contributed by atoms with Crippen LogP contribution in [0.15, 0.2) is 34.7 Å². The molecule has 0 aliphatic heterocycles. The maximum absolute atomic E-state index is 11.7. The molecular formula is C14H14NO4. The molecule has 0 amide bonds. The van der Waals surface area contributed by atoms with E-state index in [1.165, 1.54) is 18.2 Å². The van der Waals surface area contributed by atoms with Crippen LogP contribution in [0.25, 0.3) is 11.3 Å². The van der Waals surface area contributed by atoms with E-state index in [1.807, 2.05) is 13.8 Å². The van der Waals surface area contributed by atoms with E-state index >= 15 is 0 Å². The van der Waals surface area contributed by atoms with Crippen LogP contribution >= 0.6 is 0 Å². The first kappa shape index (κ1) is 13.1. The summed E-state index contributed by atoms with van der Waals surface area (Å²) in [6, 6.07) is 7.68. The van der Waals surface area contributed by atoms with Crippen LogP contribution in [-0.4, -0.2) is 4.92 Å². The van der Waals surface area contributed by atoms with Crippen molar-refractivity contribution in [3.05, 3.63) is 46.0 Å². The Balaban J connectivity index is 2.36. The summed E-state index contributed by atoms with van der Waals surface area (Å²) in [4.78, 5) is 9.99. The monoisotopic (exact) mass is 260 g/mol. The van der Waals surface area contributed by atoms with Gasteiger partial charge >= 0.3 is 5.88 Å². The van der Waals surface area contributed by atoms with Gasteiger partial charge in [0, 0.05) is 11.1 Å². The molecule has 0 N–H and O–H groups in total. The maximum Gasteiger partial charge on any atom is 0.433 e. The summed E-state index contributed by atoms with van der Waals surface area (Å²) in [5.74, 6) is 0.454. The molecule has 1 heterocycles. The lowest BCUT2D eigenvalue weighted by molar-refractivity contribution is -0.401. The van der Waals surface area contributed by atoms with Crippen LogP contribution in [0, 0.1) is 16.0 Å². The molecular weight excluding hydrogens is 246 g/mol. The van der Waals surface area contributed by atoms with Crippen LogP contribution < -0.4 is 0 Å². The number of benzene rings is 1. The van der Waals surface area contributed by atoms with Crippen molar-refractivity contribution in [3.8, 4) is 17.1 Å². The second kappa shape index (κ2) is 5.14. The van der Waals surface area contributed by atoms with E-state index in [2.05, 4.69) is 0 Å². The fraction of sp³-hybridized carbons (Fsp3) is 0.286. The zero-order valence-corrected chi connectivity index (χ0v) is 10.8. The molecule has 2 aromatic rings. The Bertz CT molecular complexity index is 601. The number of rotatable bonds is 4. The van der Waals surface area contributed by atoms with Gasteiger partial charge in [-0.3, -0.25) is 15.2 Å². The third-order valence-electron chi connectivity index (χ3n) is 2.74. The Morgan fingerprint density at radius 2 is 2.00 bits per heavy atom. The Morgan fingerprint density at radius 1 is 1.26 bits per heavy atom. The molecule has 2 rings (SSSR count). The second-order valence-corrected chi connectivity index (χ2v) is 4.82. The SMILES string of the molecule is CC(C)Cc1cc(-c2ccc([N+](=O)[O-])o2)ccc1[O]. The van der Waals surface area contributed by atoms with Gasteiger partial charge in [-0.15, -0.1) is 0 Å². The Kier molecular flexibility index (Phi) is 3.55. The van der Waals surface area contributed by atoms with E-state index in [0.29, 0.717) is 29.2 Å². The Morgan fingerprint density at radius 3 is 2.58 bits per heavy atom. The minimum atomic E-state index is -0.583. The molecule has 0 atom stereocenters. The molecule has 1 aromatic carbocycles. The van der Waals surface area contributed by atoms with E-state index in [9.17, 15) is 15.2 Å². The van der Waals surface area contributed by atoms with Crippen molar-refractivity contribution >= 4 is 5.88 Å². The van der Waals surface area contributed by atoms with Crippen LogP contribution in [0.3, 0.4) is 0 Å². The van der Waals surface area contributed by atoms with Crippen molar-refractivity contribution in [2.75, 3.05) is 0 Å². The molecule has 0 saturated carbocycles. The minimum absolute atomic E-state index is 0.0153. The predicted octanol–water partition coefficient (Wildman–Crippen LogP) is 4.20. The highest BCUT2D eigenvalue weighted by molar-refractivity contribution is 5.61. The first-order valence-electron chi connectivity index (χ1n) is 6.02. The largest absolute Gasteiger partial charge is 0.433 e. The van der Waals surface area contributed by atoms with Gasteiger partial charge in [0.1, 0.15) is 10.7 Å². The van der Waals surface area contributed by atoms with E-state index in [1.54, 1.807) is 12.1 Å². The number of hydrogen-bond donors (Lipinski definition) is 0. The van der Waals surface area contributed by atoms with Gasteiger partial charge < -0.3 is 4.42 Å². The number of furan rings is 1. The van der Waals surface area contributed by atoms with Crippen LogP contribution in [0.4, 0.5) is 5.88 Å². The Labute approximate surface area is 110 Å². The fourth-order valence-corrected chi connectivity index (χ4v) is 1.91. The predicted molar refractivity (Wildman–Crippen MR) is 69.5 cm³/mol. The van der Waals surface area contributed by atoms with Crippen molar-refractivity contribution in [2.45, 2.75) is 20.3 Å². The third kappa shape index (κ3) is 2.93. The fourth-order valence-electron chi connectivity index (χ4n) is 1.91. The zero-order chi connectivity index (χ0) is 14.0. The summed E-state index contributed by atoms with van der Waals surface area (Å²) >= 11 is 0. The normalized spacial score (nSPS) is 10.9. The van der Waals surface area contributed by atoms with Crippen molar-refractivity contribution in [1.82, 2.24) is 0 Å². The molecule has 0 fully saturated rings. The summed E-state index contributed by atoms with van der Waals surface area (Å²) in [7, 11) is 0. The average Bonchev–Trinajstić information content (AvgIpc) is 2.81. The first-order valence-corrected chi connectivity index (χ1v) is 6.02. The van der Waals surface area contributed by atoms with E-state index in [4.69, 9.17) is 4.42 Å². The lowest BCUT2D eigenvalue weighted by atomic mass is 9.99. The molecule has 0 unspecified atom stereocenters. The summed E-state index contributed by atoms with van der Waals surface area (Å²) < 4.78 is 5.13. The Hall–Kier alpha value is -2.30. The van der Waals surface area contributed by atoms with Gasteiger partial charge in [-0.1, -0.05) is 13.8 Å². The molecule has 0 spiro atoms. The topological polar surface area (TPSA) is 76.2 Å². The highest BCUT2D eigenvalue weighted by Gasteiger charge is 2.15. The second-order valence-electron chi connectivity index (χ2n) is 4.82. The lowest BCUT2D eigenvalue weighted by Gasteiger charge is -2.07. The van der Waals surface area contributed by atoms with Gasteiger partial charge in [0.25, 0.3) is 0 Å². The van der Waals surface area contributed by atoms with Crippen LogP contribution in [-0.2, 0) is 11.5 Å². The summed E-state index contributed by atoms with van der Waals surface area (Å²) in [6.07, 6.45) is 0.676. The standard InChI is InChI=1S/C14H14NO4/c1-9(2)7-11-8-10(3-4-12(11)16)13-5-6-14(19-13)15(17)18/h3-6,8-9H,7H2,1-2H3. The van der Waals surface area contributed by atoms with Crippen molar-refractivity contribution in [1.29, 1.82) is 0 Å². The molecule has 0 aliphatic carbocycles. The van der Waals surface area contributed by atoms with Gasteiger partial charge in [-0.25, -0.2) is 0 Å². The molecule has 1 aromatic heterocycles. The first-order chi connectivity index (χ1) is 8.97. The van der Waals surface area contributed by atoms with Crippen molar-refractivity contribution < 1.29 is 14.4 Å². The average molecular weight is 260 g/mol. The molecule has 5 nitrogen and oxygen atoms in total. The van der Waals surface area contributed by atoms with Gasteiger partial charge in [0.15, 0.2) is 5.75 Å². The highest BCUT2D eigenvalue weighted by Crippen LogP contribution is 2.30. The van der Waals surface area contributed by atoms with Gasteiger partial charge in [-0.2, -0.15) is 0 Å². The molecule has 1 radical (unpaired) electrons. The summed E-state index contributed by atoms with van der Waals surface area (Å²) in [6.45, 7) is 4.06. The molecule has 0 aliphatic rings. The number of hydrogen-bond acceptors (Lipinski definition) is 3. The maximum atomic E-state index is 11.7. The van der Waals surface area contributed by atoms with E-state index < -0.39 is 4.92 Å². The lowest BCUT2D eigenvalue weighted by Crippen LogP contribution is -1.94. The van der Waals surface area contributed by atoms with Gasteiger partial charge in [0.05, 0.1) is 6.07 Å². The smallest absolute Gasteiger partial charge is 0.401 e. The molecule has 0 bridgehead atoms. The van der Waals surface area contributed by atoms with Crippen molar-refractivity contribution in [3.63, 3.8) is 0 Å². The number of nitro groups is 1. The molecule has 99 valence electrons. The van der Waals surface area contributed by atoms with Crippen LogP contribution in [0.5, 0.6) is 5.75 Å². The minimum Gasteiger partial charge on any atom is -0.401 e. The molecule has 5 heteroatoms. The van der Waals surface area contributed by atoms with Crippen LogP contribution in [0.2, 0.25) is 0 Å². The van der Waals surface area contributed by atoms with Gasteiger partial charge in [0.2, 0.25) is 0 Å². The third-order valence-corrected chi connectivity index (χ3v) is 2.74. The van der Waals surface area contributed by atoms with Crippen molar-refractivity contribution in [2.24, 2.45) is 5.92 Å². The summed E-state index contributed by atoms with van der Waals surface area (Å²) in [5.41, 5.74) is 1.38. The quantitative estimate of drug-likeness (QED) is 0.610. The van der Waals surface area contributed by atoms with E-state index in [-0.39, 0.29) is 11.6 Å². The van der Waals surface area contributed by atoms with Crippen LogP contribution in [0.1, 0.15) is 19.4 Å². The zero-order valence-electron chi connectivity index (χ0n) is 10.8. The highest BCUT2D eigenvalue weighted by atomic mass is 16.6. The van der Waals surface area contributed by atoms with E-state index in [0.717, 1.165) is 0 Å².